The highest BCUT2D eigenvalue weighted by Gasteiger charge is 2.37. The van der Waals surface area contributed by atoms with E-state index in [1.165, 1.54) is 6.21 Å². The summed E-state index contributed by atoms with van der Waals surface area (Å²) in [6, 6.07) is 5.48. The van der Waals surface area contributed by atoms with Crippen molar-refractivity contribution in [3.05, 3.63) is 34.3 Å². The minimum Gasteiger partial charge on any atom is -0.413 e. The van der Waals surface area contributed by atoms with Gasteiger partial charge >= 0.3 is 0 Å². The van der Waals surface area contributed by atoms with E-state index in [0.717, 1.165) is 11.1 Å². The van der Waals surface area contributed by atoms with E-state index in [4.69, 9.17) is 21.2 Å². The molecule has 0 aliphatic carbocycles. The second kappa shape index (κ2) is 6.07. The Morgan fingerprint density at radius 3 is 2.53 bits per heavy atom. The van der Waals surface area contributed by atoms with E-state index in [9.17, 15) is 0 Å². The number of benzene rings is 1. The zero-order chi connectivity index (χ0) is 14.7. The molecule has 3 nitrogen and oxygen atoms in total. The molecule has 106 valence electrons. The molecule has 0 aromatic heterocycles. The third-order valence-electron chi connectivity index (χ3n) is 3.67. The molecule has 1 aromatic carbocycles. The number of hydrogen-bond donors (Lipinski definition) is 1. The molecule has 0 aliphatic heterocycles. The van der Waals surface area contributed by atoms with Crippen molar-refractivity contribution < 1.29 is 9.63 Å². The molecule has 0 saturated carbocycles. The van der Waals surface area contributed by atoms with Crippen molar-refractivity contribution in [2.75, 3.05) is 0 Å². The van der Waals surface area contributed by atoms with Crippen LogP contribution in [0.4, 0.5) is 0 Å². The first kappa shape index (κ1) is 16.2. The highest BCUT2D eigenvalue weighted by molar-refractivity contribution is 6.74. The molecule has 0 radical (unpaired) electrons. The lowest BCUT2D eigenvalue weighted by Crippen LogP contribution is -2.40. The topological polar surface area (TPSA) is 41.8 Å². The van der Waals surface area contributed by atoms with Gasteiger partial charge in [0.25, 0.3) is 0 Å². The van der Waals surface area contributed by atoms with Crippen LogP contribution in [0.5, 0.6) is 0 Å². The Morgan fingerprint density at radius 2 is 2.00 bits per heavy atom. The zero-order valence-electron chi connectivity index (χ0n) is 12.2. The largest absolute Gasteiger partial charge is 0.413 e. The fourth-order valence-corrected chi connectivity index (χ4v) is 2.45. The lowest BCUT2D eigenvalue weighted by Gasteiger charge is -2.36. The average Bonchev–Trinajstić information content (AvgIpc) is 2.29. The Kier molecular flexibility index (Phi) is 5.18. The predicted molar refractivity (Wildman–Crippen MR) is 82.8 cm³/mol. The van der Waals surface area contributed by atoms with Crippen LogP contribution in [0.2, 0.25) is 23.2 Å². The molecule has 0 heterocycles. The summed E-state index contributed by atoms with van der Waals surface area (Å²) in [6.45, 7) is 11.5. The van der Waals surface area contributed by atoms with Gasteiger partial charge in [-0.05, 0) is 41.4 Å². The van der Waals surface area contributed by atoms with E-state index in [0.29, 0.717) is 11.6 Å². The van der Waals surface area contributed by atoms with E-state index in [-0.39, 0.29) is 5.04 Å². The quantitative estimate of drug-likeness (QED) is 0.380. The molecule has 5 heteroatoms. The summed E-state index contributed by atoms with van der Waals surface area (Å²) < 4.78 is 6.14. The minimum absolute atomic E-state index is 0.170. The molecule has 0 spiro atoms. The zero-order valence-corrected chi connectivity index (χ0v) is 14.0. The standard InChI is InChI=1S/C14H22ClNO2Si/c1-14(2,3)19(4,5)18-10-12-8-11(9-16-17)6-7-13(12)15/h6-9,17H,10H2,1-5H3. The van der Waals surface area contributed by atoms with Gasteiger partial charge in [0, 0.05) is 5.02 Å². The molecule has 19 heavy (non-hydrogen) atoms. The summed E-state index contributed by atoms with van der Waals surface area (Å²) in [6.07, 6.45) is 1.38. The summed E-state index contributed by atoms with van der Waals surface area (Å²) in [4.78, 5) is 0. The lowest BCUT2D eigenvalue weighted by atomic mass is 10.1. The highest BCUT2D eigenvalue weighted by Crippen LogP contribution is 2.37. The molecular weight excluding hydrogens is 278 g/mol. The number of oxime groups is 1. The predicted octanol–water partition coefficient (Wildman–Crippen LogP) is 4.67. The van der Waals surface area contributed by atoms with Gasteiger partial charge in [0.2, 0.25) is 0 Å². The maximum Gasteiger partial charge on any atom is 0.192 e. The molecular formula is C14H22ClNO2Si. The molecule has 1 aromatic rings. The third kappa shape index (κ3) is 4.33. The van der Waals surface area contributed by atoms with Gasteiger partial charge < -0.3 is 9.63 Å². The van der Waals surface area contributed by atoms with Crippen LogP contribution in [0.15, 0.2) is 23.4 Å². The van der Waals surface area contributed by atoms with E-state index < -0.39 is 8.32 Å². The van der Waals surface area contributed by atoms with Crippen LogP contribution in [0.25, 0.3) is 0 Å². The molecule has 1 rings (SSSR count). The summed E-state index contributed by atoms with van der Waals surface area (Å²) >= 11 is 6.17. The van der Waals surface area contributed by atoms with Gasteiger partial charge in [0.15, 0.2) is 8.32 Å². The maximum absolute atomic E-state index is 8.56. The highest BCUT2D eigenvalue weighted by atomic mass is 35.5. The van der Waals surface area contributed by atoms with Gasteiger partial charge in [-0.1, -0.05) is 43.6 Å². The van der Waals surface area contributed by atoms with Crippen LogP contribution in [-0.4, -0.2) is 19.7 Å². The number of halogens is 1. The van der Waals surface area contributed by atoms with Crippen LogP contribution in [0, 0.1) is 0 Å². The molecule has 0 atom stereocenters. The molecule has 1 N–H and O–H groups in total. The Labute approximate surface area is 121 Å². The van der Waals surface area contributed by atoms with Gasteiger partial charge in [-0.15, -0.1) is 0 Å². The first-order chi connectivity index (χ1) is 8.67. The fraction of sp³-hybridized carbons (Fsp3) is 0.500. The number of rotatable bonds is 4. The second-order valence-corrected chi connectivity index (χ2v) is 11.4. The average molecular weight is 300 g/mol. The minimum atomic E-state index is -1.79. The van der Waals surface area contributed by atoms with E-state index in [1.54, 1.807) is 12.1 Å². The van der Waals surface area contributed by atoms with Crippen LogP contribution in [0.1, 0.15) is 31.9 Å². The molecule has 0 fully saturated rings. The van der Waals surface area contributed by atoms with E-state index >= 15 is 0 Å². The van der Waals surface area contributed by atoms with Crippen molar-refractivity contribution in [1.82, 2.24) is 0 Å². The van der Waals surface area contributed by atoms with Gasteiger partial charge in [-0.25, -0.2) is 0 Å². The van der Waals surface area contributed by atoms with Crippen molar-refractivity contribution in [3.8, 4) is 0 Å². The van der Waals surface area contributed by atoms with Crippen LogP contribution < -0.4 is 0 Å². The summed E-state index contributed by atoms with van der Waals surface area (Å²) in [7, 11) is -1.79. The summed E-state index contributed by atoms with van der Waals surface area (Å²) in [5, 5.41) is 12.4. The Balaban J connectivity index is 2.86. The van der Waals surface area contributed by atoms with E-state index in [2.05, 4.69) is 39.0 Å². The fourth-order valence-electron chi connectivity index (χ4n) is 1.33. The van der Waals surface area contributed by atoms with Crippen molar-refractivity contribution in [3.63, 3.8) is 0 Å². The molecule has 0 aliphatic rings. The molecule has 0 amide bonds. The third-order valence-corrected chi connectivity index (χ3v) is 8.52. The Bertz CT molecular complexity index is 467. The van der Waals surface area contributed by atoms with Crippen molar-refractivity contribution in [1.29, 1.82) is 0 Å². The summed E-state index contributed by atoms with van der Waals surface area (Å²) in [5.41, 5.74) is 1.73. The first-order valence-corrected chi connectivity index (χ1v) is 9.56. The second-order valence-electron chi connectivity index (χ2n) is 6.14. The van der Waals surface area contributed by atoms with Crippen molar-refractivity contribution in [2.45, 2.75) is 45.5 Å². The maximum atomic E-state index is 8.56. The van der Waals surface area contributed by atoms with Gasteiger partial charge in [-0.3, -0.25) is 0 Å². The Morgan fingerprint density at radius 1 is 1.37 bits per heavy atom. The lowest BCUT2D eigenvalue weighted by molar-refractivity contribution is 0.276. The van der Waals surface area contributed by atoms with Crippen LogP contribution >= 0.6 is 11.6 Å². The van der Waals surface area contributed by atoms with Crippen molar-refractivity contribution in [2.24, 2.45) is 5.16 Å². The van der Waals surface area contributed by atoms with Crippen molar-refractivity contribution >= 4 is 26.1 Å². The summed E-state index contributed by atoms with van der Waals surface area (Å²) in [5.74, 6) is 0. The molecule has 0 saturated heterocycles. The first-order valence-electron chi connectivity index (χ1n) is 6.27. The normalized spacial score (nSPS) is 13.2. The monoisotopic (exact) mass is 299 g/mol. The van der Waals surface area contributed by atoms with Crippen LogP contribution in [-0.2, 0) is 11.0 Å². The smallest absolute Gasteiger partial charge is 0.192 e. The number of nitrogens with zero attached hydrogens (tertiary/aromatic N) is 1. The van der Waals surface area contributed by atoms with Crippen LogP contribution in [0.3, 0.4) is 0 Å². The SMILES string of the molecule is CC(C)(C)[Si](C)(C)OCc1cc(C=NO)ccc1Cl. The Hall–Kier alpha value is -0.843. The van der Waals surface area contributed by atoms with E-state index in [1.807, 2.05) is 6.07 Å². The molecule has 0 unspecified atom stereocenters. The number of hydrogen-bond acceptors (Lipinski definition) is 3. The van der Waals surface area contributed by atoms with Gasteiger partial charge in [-0.2, -0.15) is 0 Å². The van der Waals surface area contributed by atoms with Gasteiger partial charge in [0.1, 0.15) is 0 Å². The van der Waals surface area contributed by atoms with Gasteiger partial charge in [0.05, 0.1) is 12.8 Å². The molecule has 0 bridgehead atoms.